The molecule has 46 heavy (non-hydrogen) atoms. The van der Waals surface area contributed by atoms with Gasteiger partial charge in [0.25, 0.3) is 0 Å². The molecule has 254 valence electrons. The summed E-state index contributed by atoms with van der Waals surface area (Å²) >= 11 is 0. The van der Waals surface area contributed by atoms with Crippen molar-refractivity contribution < 1.29 is 48.4 Å². The van der Waals surface area contributed by atoms with Gasteiger partial charge in [-0.15, -0.1) is 0 Å². The Morgan fingerprint density at radius 3 is 2.57 bits per heavy atom. The predicted molar refractivity (Wildman–Crippen MR) is 168 cm³/mol. The largest absolute Gasteiger partial charge is 0.461 e. The first-order chi connectivity index (χ1) is 22.2. The summed E-state index contributed by atoms with van der Waals surface area (Å²) < 4.78 is 22.0. The van der Waals surface area contributed by atoms with Crippen molar-refractivity contribution in [2.24, 2.45) is 34.7 Å². The lowest BCUT2D eigenvalue weighted by atomic mass is 9.63. The predicted octanol–water partition coefficient (Wildman–Crippen LogP) is 4.13. The van der Waals surface area contributed by atoms with E-state index >= 15 is 0 Å². The highest BCUT2D eigenvalue weighted by Crippen LogP contribution is 2.45. The van der Waals surface area contributed by atoms with Gasteiger partial charge in [0.1, 0.15) is 26.1 Å². The molecule has 1 aromatic carbocycles. The van der Waals surface area contributed by atoms with Gasteiger partial charge in [-0.1, -0.05) is 56.3 Å². The minimum absolute atomic E-state index is 0.00950. The van der Waals surface area contributed by atoms with Gasteiger partial charge in [0, 0.05) is 17.8 Å². The Balaban J connectivity index is 1.40. The Bertz CT molecular complexity index is 1210. The van der Waals surface area contributed by atoms with E-state index in [2.05, 4.69) is 5.16 Å². The molecule has 3 aliphatic rings. The number of aliphatic hydroxyl groups excluding tert-OH is 2. The van der Waals surface area contributed by atoms with Crippen molar-refractivity contribution in [3.63, 3.8) is 0 Å². The van der Waals surface area contributed by atoms with E-state index in [0.717, 1.165) is 5.56 Å². The smallest absolute Gasteiger partial charge is 0.308 e. The molecule has 7 atom stereocenters. The van der Waals surface area contributed by atoms with Crippen molar-refractivity contribution in [1.29, 1.82) is 0 Å². The standard InChI is InChI=1S/C35H49NO10/c1-4-22(2)35(41)46-32-13-12-30(36-45-20-25-17-42-21-43-18-25)29-16-31(39)23(3)28(34(29)32)11-10-26(37)14-27(38)15-33(40)44-19-24-8-6-5-7-9-24/h5-9,16,22-23,25-28,32,34,37-38H,4,10-15,17-21H2,1-3H3/b36-30+. The third kappa shape index (κ3) is 10.2. The molecule has 0 aromatic heterocycles. The second kappa shape index (κ2) is 17.7. The number of hydrogen-bond donors (Lipinski definition) is 2. The lowest BCUT2D eigenvalue weighted by Crippen LogP contribution is -2.46. The summed E-state index contributed by atoms with van der Waals surface area (Å²) in [5.41, 5.74) is 2.22. The molecule has 1 heterocycles. The van der Waals surface area contributed by atoms with Crippen molar-refractivity contribution >= 4 is 23.4 Å². The number of benzene rings is 1. The molecule has 1 saturated carbocycles. The number of oxime groups is 1. The quantitative estimate of drug-likeness (QED) is 0.211. The Morgan fingerprint density at radius 2 is 1.85 bits per heavy atom. The fourth-order valence-corrected chi connectivity index (χ4v) is 6.32. The van der Waals surface area contributed by atoms with Crippen LogP contribution in [0.3, 0.4) is 0 Å². The van der Waals surface area contributed by atoms with Gasteiger partial charge < -0.3 is 34.0 Å². The van der Waals surface area contributed by atoms with Gasteiger partial charge in [-0.05, 0) is 61.7 Å². The molecule has 4 rings (SSSR count). The summed E-state index contributed by atoms with van der Waals surface area (Å²) in [6.07, 6.45) is 1.36. The van der Waals surface area contributed by atoms with Crippen LogP contribution in [0, 0.1) is 29.6 Å². The molecule has 0 bridgehead atoms. The summed E-state index contributed by atoms with van der Waals surface area (Å²) in [6, 6.07) is 9.27. The van der Waals surface area contributed by atoms with Crippen LogP contribution < -0.4 is 0 Å². The molecule has 0 spiro atoms. The number of fused-ring (bicyclic) bond motifs is 1. The molecule has 2 aliphatic carbocycles. The second-order valence-electron chi connectivity index (χ2n) is 12.8. The number of carbonyl (C=O) groups excluding carboxylic acids is 3. The summed E-state index contributed by atoms with van der Waals surface area (Å²) in [6.45, 7) is 7.38. The average molecular weight is 644 g/mol. The van der Waals surface area contributed by atoms with Crippen molar-refractivity contribution in [3.05, 3.63) is 47.5 Å². The van der Waals surface area contributed by atoms with E-state index in [0.29, 0.717) is 63.2 Å². The molecule has 11 nitrogen and oxygen atoms in total. The van der Waals surface area contributed by atoms with Crippen LogP contribution >= 0.6 is 0 Å². The van der Waals surface area contributed by atoms with E-state index < -0.39 is 24.3 Å². The minimum atomic E-state index is -1.08. The van der Waals surface area contributed by atoms with Crippen LogP contribution in [0.25, 0.3) is 0 Å². The number of rotatable bonds is 15. The van der Waals surface area contributed by atoms with Gasteiger partial charge in [0.15, 0.2) is 5.78 Å². The number of aliphatic hydroxyl groups is 2. The molecular formula is C35H49NO10. The SMILES string of the molecule is CCC(C)C(=O)OC1CC/C(=N\OCC2COCOC2)C2=CC(=O)C(C)C(CCC(O)CC(O)CC(=O)OCc3ccccc3)C21. The molecule has 2 fully saturated rings. The highest BCUT2D eigenvalue weighted by molar-refractivity contribution is 6.08. The first kappa shape index (κ1) is 35.7. The van der Waals surface area contributed by atoms with Crippen molar-refractivity contribution in [2.75, 3.05) is 26.6 Å². The van der Waals surface area contributed by atoms with E-state index in [4.69, 9.17) is 23.8 Å². The van der Waals surface area contributed by atoms with Crippen LogP contribution in [0.2, 0.25) is 0 Å². The Morgan fingerprint density at radius 1 is 1.11 bits per heavy atom. The summed E-state index contributed by atoms with van der Waals surface area (Å²) in [7, 11) is 0. The monoisotopic (exact) mass is 643 g/mol. The van der Waals surface area contributed by atoms with Gasteiger partial charge >= 0.3 is 11.9 Å². The highest BCUT2D eigenvalue weighted by Gasteiger charge is 2.47. The molecule has 0 amide bonds. The summed E-state index contributed by atoms with van der Waals surface area (Å²) in [4.78, 5) is 44.1. The fraction of sp³-hybridized carbons (Fsp3) is 0.657. The average Bonchev–Trinajstić information content (AvgIpc) is 3.05. The third-order valence-electron chi connectivity index (χ3n) is 9.27. The zero-order chi connectivity index (χ0) is 33.1. The lowest BCUT2D eigenvalue weighted by molar-refractivity contribution is -0.158. The normalized spacial score (nSPS) is 26.4. The molecule has 1 aromatic rings. The maximum Gasteiger partial charge on any atom is 0.308 e. The van der Waals surface area contributed by atoms with Crippen LogP contribution in [0.1, 0.15) is 71.3 Å². The number of esters is 2. The van der Waals surface area contributed by atoms with E-state index in [1.165, 1.54) is 0 Å². The van der Waals surface area contributed by atoms with Crippen molar-refractivity contribution in [3.8, 4) is 0 Å². The molecule has 2 N–H and O–H groups in total. The number of ether oxygens (including phenoxy) is 4. The first-order valence-corrected chi connectivity index (χ1v) is 16.5. The maximum absolute atomic E-state index is 13.3. The maximum atomic E-state index is 13.3. The van der Waals surface area contributed by atoms with Crippen molar-refractivity contribution in [1.82, 2.24) is 0 Å². The Labute approximate surface area is 271 Å². The topological polar surface area (TPSA) is 150 Å². The summed E-state index contributed by atoms with van der Waals surface area (Å²) in [5.74, 6) is -1.99. The van der Waals surface area contributed by atoms with Crippen LogP contribution in [0.15, 0.2) is 47.1 Å². The van der Waals surface area contributed by atoms with Gasteiger partial charge in [0.2, 0.25) is 0 Å². The minimum Gasteiger partial charge on any atom is -0.461 e. The third-order valence-corrected chi connectivity index (χ3v) is 9.27. The van der Waals surface area contributed by atoms with Crippen molar-refractivity contribution in [2.45, 2.75) is 90.6 Å². The van der Waals surface area contributed by atoms with E-state index in [1.54, 1.807) is 6.08 Å². The van der Waals surface area contributed by atoms with Gasteiger partial charge in [-0.2, -0.15) is 0 Å². The molecule has 1 saturated heterocycles. The first-order valence-electron chi connectivity index (χ1n) is 16.5. The molecule has 7 unspecified atom stereocenters. The number of allylic oxidation sites excluding steroid dienone is 1. The van der Waals surface area contributed by atoms with E-state index in [1.807, 2.05) is 51.1 Å². The number of hydrogen-bond acceptors (Lipinski definition) is 11. The second-order valence-corrected chi connectivity index (χ2v) is 12.8. The summed E-state index contributed by atoms with van der Waals surface area (Å²) in [5, 5.41) is 25.8. The molecule has 1 aliphatic heterocycles. The lowest BCUT2D eigenvalue weighted by Gasteiger charge is -2.43. The van der Waals surface area contributed by atoms with Crippen LogP contribution in [-0.4, -0.2) is 78.6 Å². The number of carbonyl (C=O) groups is 3. The Kier molecular flexibility index (Phi) is 13.7. The van der Waals surface area contributed by atoms with Gasteiger partial charge in [0.05, 0.1) is 43.5 Å². The van der Waals surface area contributed by atoms with Crippen LogP contribution in [0.4, 0.5) is 0 Å². The Hall–Kier alpha value is -3.12. The number of ketones is 1. The van der Waals surface area contributed by atoms with E-state index in [9.17, 15) is 24.6 Å². The molecule has 11 heteroatoms. The molecular weight excluding hydrogens is 594 g/mol. The fourth-order valence-electron chi connectivity index (χ4n) is 6.32. The zero-order valence-electron chi connectivity index (χ0n) is 27.2. The van der Waals surface area contributed by atoms with Gasteiger partial charge in [-0.25, -0.2) is 0 Å². The number of nitrogens with zero attached hydrogens (tertiary/aromatic N) is 1. The van der Waals surface area contributed by atoms with Crippen LogP contribution in [0.5, 0.6) is 0 Å². The molecule has 0 radical (unpaired) electrons. The highest BCUT2D eigenvalue weighted by atomic mass is 16.7. The van der Waals surface area contributed by atoms with Gasteiger partial charge in [-0.3, -0.25) is 14.4 Å². The van der Waals surface area contributed by atoms with E-state index in [-0.39, 0.29) is 67.6 Å². The zero-order valence-corrected chi connectivity index (χ0v) is 27.2. The van der Waals surface area contributed by atoms with Crippen LogP contribution in [-0.2, 0) is 44.8 Å².